The number of thiocarbonyl (C=S) groups is 1. The molecule has 2 nitrogen and oxygen atoms in total. The van der Waals surface area contributed by atoms with Gasteiger partial charge in [-0.2, -0.15) is 0 Å². The van der Waals surface area contributed by atoms with Gasteiger partial charge >= 0.3 is 0 Å². The van der Waals surface area contributed by atoms with E-state index in [0.717, 1.165) is 5.56 Å². The summed E-state index contributed by atoms with van der Waals surface area (Å²) >= 11 is 10.6. The number of benzene rings is 2. The second-order valence-electron chi connectivity index (χ2n) is 4.04. The van der Waals surface area contributed by atoms with Crippen LogP contribution in [0.4, 0.5) is 10.1 Å². The molecule has 0 spiro atoms. The number of halogens is 2. The Kier molecular flexibility index (Phi) is 4.35. The highest BCUT2D eigenvalue weighted by molar-refractivity contribution is 7.80. The van der Waals surface area contributed by atoms with E-state index in [9.17, 15) is 4.39 Å². The van der Waals surface area contributed by atoms with Gasteiger partial charge in [-0.15, -0.1) is 0 Å². The Morgan fingerprint density at radius 1 is 1.26 bits per heavy atom. The molecule has 2 aromatic rings. The van der Waals surface area contributed by atoms with Crippen molar-refractivity contribution in [2.75, 3.05) is 5.32 Å². The Morgan fingerprint density at radius 2 is 2.05 bits per heavy atom. The van der Waals surface area contributed by atoms with Gasteiger partial charge in [0.05, 0.1) is 0 Å². The van der Waals surface area contributed by atoms with E-state index in [2.05, 4.69) is 5.32 Å². The van der Waals surface area contributed by atoms with E-state index in [1.807, 2.05) is 24.3 Å². The summed E-state index contributed by atoms with van der Waals surface area (Å²) in [7, 11) is 0. The van der Waals surface area contributed by atoms with E-state index in [-0.39, 0.29) is 10.6 Å². The summed E-state index contributed by atoms with van der Waals surface area (Å²) in [6, 6.07) is 12.2. The molecule has 0 heterocycles. The number of nitrogens with one attached hydrogen (secondary N) is 1. The lowest BCUT2D eigenvalue weighted by Gasteiger charge is -2.08. The minimum atomic E-state index is -0.427. The molecular formula is C14H12ClFN2S. The molecule has 3 N–H and O–H groups in total. The fourth-order valence-electron chi connectivity index (χ4n) is 1.68. The molecule has 0 atom stereocenters. The highest BCUT2D eigenvalue weighted by atomic mass is 35.5. The van der Waals surface area contributed by atoms with Gasteiger partial charge in [0.25, 0.3) is 0 Å². The Balaban J connectivity index is 2.08. The summed E-state index contributed by atoms with van der Waals surface area (Å²) in [5, 5.41) is 3.79. The lowest BCUT2D eigenvalue weighted by atomic mass is 10.1. The maximum atomic E-state index is 13.7. The van der Waals surface area contributed by atoms with Crippen molar-refractivity contribution in [2.45, 2.75) is 6.54 Å². The maximum absolute atomic E-state index is 13.7. The molecule has 19 heavy (non-hydrogen) atoms. The van der Waals surface area contributed by atoms with Gasteiger partial charge in [0.1, 0.15) is 10.8 Å². The van der Waals surface area contributed by atoms with Crippen LogP contribution in [0.15, 0.2) is 42.5 Å². The fraction of sp³-hybridized carbons (Fsp3) is 0.0714. The van der Waals surface area contributed by atoms with E-state index in [4.69, 9.17) is 29.6 Å². The highest BCUT2D eigenvalue weighted by Gasteiger charge is 2.05. The average molecular weight is 295 g/mol. The maximum Gasteiger partial charge on any atom is 0.135 e. The molecule has 0 aliphatic rings. The minimum Gasteiger partial charge on any atom is -0.389 e. The Bertz CT molecular complexity index is 616. The highest BCUT2D eigenvalue weighted by Crippen LogP contribution is 2.16. The second-order valence-corrected chi connectivity index (χ2v) is 4.92. The average Bonchev–Trinajstić information content (AvgIpc) is 2.36. The second kappa shape index (κ2) is 5.99. The summed E-state index contributed by atoms with van der Waals surface area (Å²) in [6.07, 6.45) is 0. The molecule has 98 valence electrons. The van der Waals surface area contributed by atoms with Crippen molar-refractivity contribution in [1.29, 1.82) is 0 Å². The van der Waals surface area contributed by atoms with Crippen molar-refractivity contribution in [3.8, 4) is 0 Å². The van der Waals surface area contributed by atoms with Crippen LogP contribution in [0.5, 0.6) is 0 Å². The van der Waals surface area contributed by atoms with Crippen molar-refractivity contribution in [3.63, 3.8) is 0 Å². The van der Waals surface area contributed by atoms with Crippen molar-refractivity contribution >= 4 is 34.5 Å². The van der Waals surface area contributed by atoms with Gasteiger partial charge in [-0.25, -0.2) is 4.39 Å². The number of anilines is 1. The third kappa shape index (κ3) is 3.66. The van der Waals surface area contributed by atoms with Crippen LogP contribution >= 0.6 is 23.8 Å². The smallest absolute Gasteiger partial charge is 0.135 e. The third-order valence-electron chi connectivity index (χ3n) is 2.62. The van der Waals surface area contributed by atoms with Gasteiger partial charge in [-0.05, 0) is 35.9 Å². The molecule has 0 aromatic heterocycles. The SMILES string of the molecule is NC(=S)c1ccc(NCc2cccc(Cl)c2)cc1F. The predicted octanol–water partition coefficient (Wildman–Crippen LogP) is 3.73. The summed E-state index contributed by atoms with van der Waals surface area (Å²) in [5.74, 6) is -0.427. The zero-order chi connectivity index (χ0) is 13.8. The topological polar surface area (TPSA) is 38.0 Å². The van der Waals surface area contributed by atoms with Crippen molar-refractivity contribution in [3.05, 3.63) is 64.4 Å². The molecule has 0 fully saturated rings. The molecule has 2 aromatic carbocycles. The van der Waals surface area contributed by atoms with Crippen LogP contribution in [-0.4, -0.2) is 4.99 Å². The van der Waals surface area contributed by atoms with Crippen LogP contribution in [0.1, 0.15) is 11.1 Å². The zero-order valence-corrected chi connectivity index (χ0v) is 11.6. The molecule has 0 amide bonds. The Labute approximate surface area is 121 Å². The first-order valence-electron chi connectivity index (χ1n) is 5.64. The third-order valence-corrected chi connectivity index (χ3v) is 3.08. The first-order chi connectivity index (χ1) is 9.06. The molecule has 0 radical (unpaired) electrons. The van der Waals surface area contributed by atoms with Crippen molar-refractivity contribution < 1.29 is 4.39 Å². The van der Waals surface area contributed by atoms with E-state index < -0.39 is 5.82 Å². The predicted molar refractivity (Wildman–Crippen MR) is 81.1 cm³/mol. The zero-order valence-electron chi connectivity index (χ0n) is 9.99. The van der Waals surface area contributed by atoms with Gasteiger partial charge in [0, 0.05) is 22.8 Å². The van der Waals surface area contributed by atoms with Gasteiger partial charge < -0.3 is 11.1 Å². The van der Waals surface area contributed by atoms with Crippen LogP contribution < -0.4 is 11.1 Å². The van der Waals surface area contributed by atoms with Crippen molar-refractivity contribution in [1.82, 2.24) is 0 Å². The summed E-state index contributed by atoms with van der Waals surface area (Å²) in [4.78, 5) is 0.0545. The minimum absolute atomic E-state index is 0.0545. The molecular weight excluding hydrogens is 283 g/mol. The summed E-state index contributed by atoms with van der Waals surface area (Å²) in [6.45, 7) is 0.562. The van der Waals surface area contributed by atoms with E-state index in [1.54, 1.807) is 12.1 Å². The number of hydrogen-bond acceptors (Lipinski definition) is 2. The summed E-state index contributed by atoms with van der Waals surface area (Å²) < 4.78 is 13.7. The molecule has 0 saturated carbocycles. The van der Waals surface area contributed by atoms with Gasteiger partial charge in [-0.1, -0.05) is 36.0 Å². The lowest BCUT2D eigenvalue weighted by Crippen LogP contribution is -2.12. The molecule has 0 unspecified atom stereocenters. The first-order valence-corrected chi connectivity index (χ1v) is 6.42. The van der Waals surface area contributed by atoms with E-state index >= 15 is 0 Å². The first kappa shape index (κ1) is 13.8. The fourth-order valence-corrected chi connectivity index (χ4v) is 2.05. The molecule has 2 rings (SSSR count). The molecule has 5 heteroatoms. The van der Waals surface area contributed by atoms with Crippen LogP contribution in [0.3, 0.4) is 0 Å². The molecule has 0 saturated heterocycles. The number of hydrogen-bond donors (Lipinski definition) is 2. The van der Waals surface area contributed by atoms with E-state index in [1.165, 1.54) is 6.07 Å². The quantitative estimate of drug-likeness (QED) is 0.844. The normalized spacial score (nSPS) is 10.2. The van der Waals surface area contributed by atoms with Crippen LogP contribution in [0.2, 0.25) is 5.02 Å². The largest absolute Gasteiger partial charge is 0.389 e. The van der Waals surface area contributed by atoms with Gasteiger partial charge in [0.15, 0.2) is 0 Å². The summed E-state index contributed by atoms with van der Waals surface area (Å²) in [5.41, 5.74) is 7.34. The number of rotatable bonds is 4. The van der Waals surface area contributed by atoms with Crippen LogP contribution in [-0.2, 0) is 6.54 Å². The molecule has 0 aliphatic carbocycles. The van der Waals surface area contributed by atoms with E-state index in [0.29, 0.717) is 17.3 Å². The van der Waals surface area contributed by atoms with Crippen LogP contribution in [0, 0.1) is 5.82 Å². The Hall–Kier alpha value is -1.65. The van der Waals surface area contributed by atoms with Crippen LogP contribution in [0.25, 0.3) is 0 Å². The standard InChI is InChI=1S/C14H12ClFN2S/c15-10-3-1-2-9(6-10)8-18-11-4-5-12(14(17)19)13(16)7-11/h1-7,18H,8H2,(H2,17,19). The number of nitrogens with two attached hydrogens (primary N) is 1. The van der Waals surface area contributed by atoms with Gasteiger partial charge in [0.2, 0.25) is 0 Å². The molecule has 0 aliphatic heterocycles. The lowest BCUT2D eigenvalue weighted by molar-refractivity contribution is 0.626. The molecule has 0 bridgehead atoms. The van der Waals surface area contributed by atoms with Gasteiger partial charge in [-0.3, -0.25) is 0 Å². The monoisotopic (exact) mass is 294 g/mol. The Morgan fingerprint density at radius 3 is 2.68 bits per heavy atom. The van der Waals surface area contributed by atoms with Crippen molar-refractivity contribution in [2.24, 2.45) is 5.73 Å².